The molecule has 2 aromatic carbocycles. The standard InChI is InChI=1S/C16H10N2O8.2H2O/c19-13(20)9-3-1-7(5-11(9)15(23)24)17-18-8-2-4-10(14(21)22)12(6-8)16(25)26;;/h1-6H,(H,19,20)(H,21,22)(H,23,24)(H,25,26);2*1H2. The first kappa shape index (κ1) is 23.8. The summed E-state index contributed by atoms with van der Waals surface area (Å²) in [5.41, 5.74) is -1.77. The second-order valence-electron chi connectivity index (χ2n) is 4.88. The second kappa shape index (κ2) is 9.51. The van der Waals surface area contributed by atoms with Gasteiger partial charge >= 0.3 is 23.9 Å². The zero-order valence-electron chi connectivity index (χ0n) is 13.8. The Morgan fingerprint density at radius 1 is 0.536 bits per heavy atom. The Balaban J connectivity index is 0.00000364. The van der Waals surface area contributed by atoms with E-state index in [1.54, 1.807) is 0 Å². The smallest absolute Gasteiger partial charge is 0.336 e. The second-order valence-corrected chi connectivity index (χ2v) is 4.88. The van der Waals surface area contributed by atoms with Crippen molar-refractivity contribution in [3.63, 3.8) is 0 Å². The van der Waals surface area contributed by atoms with Crippen LogP contribution in [0.15, 0.2) is 46.6 Å². The van der Waals surface area contributed by atoms with Crippen LogP contribution in [0.4, 0.5) is 11.4 Å². The Labute approximate surface area is 155 Å². The number of rotatable bonds is 6. The fourth-order valence-electron chi connectivity index (χ4n) is 2.03. The molecule has 148 valence electrons. The monoisotopic (exact) mass is 394 g/mol. The summed E-state index contributed by atoms with van der Waals surface area (Å²) >= 11 is 0. The van der Waals surface area contributed by atoms with Crippen LogP contribution in [0.2, 0.25) is 0 Å². The molecule has 0 radical (unpaired) electrons. The molecule has 0 aliphatic carbocycles. The quantitative estimate of drug-likeness (QED) is 0.518. The van der Waals surface area contributed by atoms with Crippen molar-refractivity contribution in [2.75, 3.05) is 0 Å². The van der Waals surface area contributed by atoms with Gasteiger partial charge in [0, 0.05) is 0 Å². The van der Waals surface area contributed by atoms with Gasteiger partial charge in [0.05, 0.1) is 33.6 Å². The number of benzene rings is 2. The van der Waals surface area contributed by atoms with Crippen molar-refractivity contribution < 1.29 is 50.6 Å². The Bertz CT molecular complexity index is 890. The molecule has 0 bridgehead atoms. The van der Waals surface area contributed by atoms with Gasteiger partial charge < -0.3 is 31.4 Å². The van der Waals surface area contributed by atoms with Gasteiger partial charge in [-0.05, 0) is 36.4 Å². The molecule has 2 aromatic rings. The van der Waals surface area contributed by atoms with Gasteiger partial charge in [-0.25, -0.2) is 19.2 Å². The van der Waals surface area contributed by atoms with Crippen LogP contribution in [0.3, 0.4) is 0 Å². The van der Waals surface area contributed by atoms with Crippen LogP contribution in [0.25, 0.3) is 0 Å². The van der Waals surface area contributed by atoms with Gasteiger partial charge in [-0.15, -0.1) is 0 Å². The van der Waals surface area contributed by atoms with Gasteiger partial charge in [0.1, 0.15) is 0 Å². The molecule has 12 nitrogen and oxygen atoms in total. The summed E-state index contributed by atoms with van der Waals surface area (Å²) in [4.78, 5) is 44.2. The van der Waals surface area contributed by atoms with Crippen molar-refractivity contribution in [1.82, 2.24) is 0 Å². The zero-order valence-corrected chi connectivity index (χ0v) is 13.8. The van der Waals surface area contributed by atoms with Crippen molar-refractivity contribution in [3.8, 4) is 0 Å². The molecule has 0 amide bonds. The lowest BCUT2D eigenvalue weighted by Crippen LogP contribution is -2.07. The number of aromatic carboxylic acids is 4. The van der Waals surface area contributed by atoms with Crippen molar-refractivity contribution >= 4 is 35.3 Å². The number of azo groups is 1. The molecular formula is C16H14N2O10. The van der Waals surface area contributed by atoms with Gasteiger partial charge in [-0.2, -0.15) is 10.2 Å². The van der Waals surface area contributed by atoms with E-state index < -0.39 is 46.1 Å². The van der Waals surface area contributed by atoms with E-state index in [4.69, 9.17) is 20.4 Å². The van der Waals surface area contributed by atoms with Gasteiger partial charge in [0.25, 0.3) is 0 Å². The first-order valence-electron chi connectivity index (χ1n) is 6.83. The van der Waals surface area contributed by atoms with Gasteiger partial charge in [0.15, 0.2) is 0 Å². The Morgan fingerprint density at radius 2 is 0.821 bits per heavy atom. The summed E-state index contributed by atoms with van der Waals surface area (Å²) in [6.45, 7) is 0. The van der Waals surface area contributed by atoms with E-state index in [0.717, 1.165) is 24.3 Å². The number of hydrogen-bond donors (Lipinski definition) is 4. The third-order valence-electron chi connectivity index (χ3n) is 3.21. The Kier molecular flexibility index (Phi) is 8.10. The number of carbonyl (C=O) groups is 4. The SMILES string of the molecule is O.O.O=C(O)c1ccc(N=Nc2ccc(C(=O)O)c(C(=O)O)c2)cc1C(=O)O. The van der Waals surface area contributed by atoms with E-state index >= 15 is 0 Å². The molecule has 0 saturated heterocycles. The lowest BCUT2D eigenvalue weighted by Gasteiger charge is -2.03. The highest BCUT2D eigenvalue weighted by Gasteiger charge is 2.17. The summed E-state index contributed by atoms with van der Waals surface area (Å²) in [7, 11) is 0. The summed E-state index contributed by atoms with van der Waals surface area (Å²) in [6.07, 6.45) is 0. The molecule has 2 rings (SSSR count). The molecule has 0 aliphatic rings. The Hall–Kier alpha value is -4.16. The van der Waals surface area contributed by atoms with E-state index in [1.807, 2.05) is 0 Å². The summed E-state index contributed by atoms with van der Waals surface area (Å²) < 4.78 is 0. The molecular weight excluding hydrogens is 380 g/mol. The van der Waals surface area contributed by atoms with Crippen molar-refractivity contribution in [2.24, 2.45) is 10.2 Å². The normalized spacial score (nSPS) is 9.86. The topological polar surface area (TPSA) is 237 Å². The van der Waals surface area contributed by atoms with E-state index in [0.29, 0.717) is 0 Å². The lowest BCUT2D eigenvalue weighted by molar-refractivity contribution is 0.0651. The maximum absolute atomic E-state index is 11.1. The average molecular weight is 394 g/mol. The third-order valence-corrected chi connectivity index (χ3v) is 3.21. The van der Waals surface area contributed by atoms with E-state index in [9.17, 15) is 19.2 Å². The average Bonchev–Trinajstić information content (AvgIpc) is 2.59. The number of nitrogens with zero attached hydrogens (tertiary/aromatic N) is 2. The van der Waals surface area contributed by atoms with E-state index in [-0.39, 0.29) is 22.3 Å². The van der Waals surface area contributed by atoms with Crippen LogP contribution >= 0.6 is 0 Å². The zero-order chi connectivity index (χ0) is 19.4. The predicted octanol–water partition coefficient (Wildman–Crippen LogP) is 1.25. The molecule has 0 aromatic heterocycles. The van der Waals surface area contributed by atoms with Crippen LogP contribution in [-0.2, 0) is 0 Å². The molecule has 0 heterocycles. The maximum atomic E-state index is 11.1. The Morgan fingerprint density at radius 3 is 1.07 bits per heavy atom. The van der Waals surface area contributed by atoms with E-state index in [2.05, 4.69) is 10.2 Å². The first-order chi connectivity index (χ1) is 12.2. The minimum atomic E-state index is -1.46. The highest BCUT2D eigenvalue weighted by Crippen LogP contribution is 2.24. The molecule has 0 atom stereocenters. The third kappa shape index (κ3) is 5.17. The molecule has 0 saturated carbocycles. The molecule has 0 unspecified atom stereocenters. The van der Waals surface area contributed by atoms with Gasteiger partial charge in [0.2, 0.25) is 0 Å². The van der Waals surface area contributed by atoms with Crippen molar-refractivity contribution in [3.05, 3.63) is 58.7 Å². The largest absolute Gasteiger partial charge is 0.478 e. The summed E-state index contributed by atoms with van der Waals surface area (Å²) in [6, 6.07) is 6.55. The molecule has 12 heteroatoms. The fourth-order valence-corrected chi connectivity index (χ4v) is 2.03. The van der Waals surface area contributed by atoms with Crippen molar-refractivity contribution in [2.45, 2.75) is 0 Å². The fraction of sp³-hybridized carbons (Fsp3) is 0. The number of carboxylic acid groups (broad SMARTS) is 4. The molecule has 0 spiro atoms. The molecule has 0 aliphatic heterocycles. The minimum Gasteiger partial charge on any atom is -0.478 e. The summed E-state index contributed by atoms with van der Waals surface area (Å²) in [5.74, 6) is -5.75. The maximum Gasteiger partial charge on any atom is 0.336 e. The van der Waals surface area contributed by atoms with Crippen LogP contribution in [-0.4, -0.2) is 55.3 Å². The van der Waals surface area contributed by atoms with Gasteiger partial charge in [-0.1, -0.05) is 0 Å². The number of hydrogen-bond acceptors (Lipinski definition) is 6. The van der Waals surface area contributed by atoms with Crippen molar-refractivity contribution in [1.29, 1.82) is 0 Å². The highest BCUT2D eigenvalue weighted by molar-refractivity contribution is 6.03. The van der Waals surface area contributed by atoms with E-state index in [1.165, 1.54) is 12.1 Å². The minimum absolute atomic E-state index is 0. The van der Waals surface area contributed by atoms with Crippen LogP contribution in [0.5, 0.6) is 0 Å². The lowest BCUT2D eigenvalue weighted by atomic mass is 10.1. The number of carboxylic acids is 4. The van der Waals surface area contributed by atoms with Crippen LogP contribution < -0.4 is 0 Å². The molecule has 0 fully saturated rings. The van der Waals surface area contributed by atoms with Gasteiger partial charge in [-0.3, -0.25) is 0 Å². The molecule has 8 N–H and O–H groups in total. The first-order valence-corrected chi connectivity index (χ1v) is 6.83. The summed E-state index contributed by atoms with van der Waals surface area (Å²) in [5, 5.41) is 43.4. The predicted molar refractivity (Wildman–Crippen MR) is 92.1 cm³/mol. The molecule has 28 heavy (non-hydrogen) atoms. The van der Waals surface area contributed by atoms with Crippen LogP contribution in [0, 0.1) is 0 Å². The van der Waals surface area contributed by atoms with Crippen LogP contribution in [0.1, 0.15) is 41.4 Å². The highest BCUT2D eigenvalue weighted by atomic mass is 16.4.